The summed E-state index contributed by atoms with van der Waals surface area (Å²) in [5.41, 5.74) is -3.73. The van der Waals surface area contributed by atoms with Crippen molar-refractivity contribution in [1.29, 1.82) is 0 Å². The Morgan fingerprint density at radius 3 is 2.13 bits per heavy atom. The zero-order valence-electron chi connectivity index (χ0n) is 16.6. The molecule has 0 bridgehead atoms. The number of alkyl halides is 3. The maximum Gasteiger partial charge on any atom is 0.417 e. The zero-order chi connectivity index (χ0) is 22.9. The summed E-state index contributed by atoms with van der Waals surface area (Å²) in [4.78, 5) is 25.1. The van der Waals surface area contributed by atoms with Crippen molar-refractivity contribution in [3.05, 3.63) is 70.7 Å². The minimum atomic E-state index is -4.96. The molecule has 1 heterocycles. The van der Waals surface area contributed by atoms with Crippen LogP contribution in [0.15, 0.2) is 42.5 Å². The Bertz CT molecular complexity index is 1150. The van der Waals surface area contributed by atoms with E-state index in [1.165, 1.54) is 12.1 Å². The van der Waals surface area contributed by atoms with E-state index in [2.05, 4.69) is 5.10 Å². The third-order valence-electron chi connectivity index (χ3n) is 4.59. The van der Waals surface area contributed by atoms with Gasteiger partial charge in [0.25, 0.3) is 0 Å². The molecule has 0 spiro atoms. The molecule has 3 aromatic rings. The number of benzene rings is 2. The second-order valence-electron chi connectivity index (χ2n) is 6.40. The fourth-order valence-corrected chi connectivity index (χ4v) is 3.19. The standard InChI is InChI=1S/C21H16F4N2O4/c1-11-14(22)10-9-13(16(11)21(23,24)25)17-15(19(28)30-2)18(20(29)31-3)27(26-17)12-7-5-4-6-8-12/h4-10H,1-3H3. The quantitative estimate of drug-likeness (QED) is 0.442. The molecule has 0 aliphatic carbocycles. The van der Waals surface area contributed by atoms with Crippen LogP contribution in [0.5, 0.6) is 0 Å². The average Bonchev–Trinajstić information content (AvgIpc) is 3.14. The monoisotopic (exact) mass is 436 g/mol. The Morgan fingerprint density at radius 1 is 0.968 bits per heavy atom. The van der Waals surface area contributed by atoms with Crippen LogP contribution in [-0.2, 0) is 15.7 Å². The number of carbonyl (C=O) groups excluding carboxylic acids is 2. The number of nitrogens with zero attached hydrogens (tertiary/aromatic N) is 2. The van der Waals surface area contributed by atoms with Crippen molar-refractivity contribution in [2.24, 2.45) is 0 Å². The lowest BCUT2D eigenvalue weighted by Gasteiger charge is -2.15. The Morgan fingerprint density at radius 2 is 1.58 bits per heavy atom. The molecule has 0 aliphatic rings. The highest BCUT2D eigenvalue weighted by molar-refractivity contribution is 6.07. The third kappa shape index (κ3) is 3.88. The van der Waals surface area contributed by atoms with Crippen molar-refractivity contribution < 1.29 is 36.6 Å². The number of methoxy groups -OCH3 is 2. The van der Waals surface area contributed by atoms with E-state index in [1.807, 2.05) is 0 Å². The van der Waals surface area contributed by atoms with Crippen molar-refractivity contribution in [2.45, 2.75) is 13.1 Å². The van der Waals surface area contributed by atoms with Crippen LogP contribution in [-0.4, -0.2) is 35.9 Å². The van der Waals surface area contributed by atoms with E-state index < -0.39 is 57.6 Å². The third-order valence-corrected chi connectivity index (χ3v) is 4.59. The summed E-state index contributed by atoms with van der Waals surface area (Å²) in [6, 6.07) is 9.65. The number of rotatable bonds is 4. The first kappa shape index (κ1) is 22.0. The topological polar surface area (TPSA) is 70.4 Å². The maximum atomic E-state index is 14.0. The molecular formula is C21H16F4N2O4. The fourth-order valence-electron chi connectivity index (χ4n) is 3.19. The van der Waals surface area contributed by atoms with E-state index in [0.29, 0.717) is 0 Å². The Labute approximate surface area is 174 Å². The molecule has 162 valence electrons. The number of halogens is 4. The molecule has 0 saturated carbocycles. The summed E-state index contributed by atoms with van der Waals surface area (Å²) in [6.07, 6.45) is -4.96. The van der Waals surface area contributed by atoms with Crippen molar-refractivity contribution in [3.8, 4) is 16.9 Å². The molecule has 0 radical (unpaired) electrons. The van der Waals surface area contributed by atoms with E-state index >= 15 is 0 Å². The lowest BCUT2D eigenvalue weighted by molar-refractivity contribution is -0.137. The van der Waals surface area contributed by atoms with Crippen LogP contribution in [0, 0.1) is 12.7 Å². The molecule has 3 rings (SSSR count). The van der Waals surface area contributed by atoms with Gasteiger partial charge in [-0.25, -0.2) is 18.7 Å². The summed E-state index contributed by atoms with van der Waals surface area (Å²) in [7, 11) is 2.06. The van der Waals surface area contributed by atoms with E-state index in [-0.39, 0.29) is 5.69 Å². The van der Waals surface area contributed by atoms with Crippen molar-refractivity contribution in [3.63, 3.8) is 0 Å². The van der Waals surface area contributed by atoms with Gasteiger partial charge in [-0.15, -0.1) is 0 Å². The lowest BCUT2D eigenvalue weighted by atomic mass is 9.95. The Kier molecular flexibility index (Phi) is 5.83. The molecule has 10 heteroatoms. The summed E-state index contributed by atoms with van der Waals surface area (Å²) in [5.74, 6) is -3.20. The number of aromatic nitrogens is 2. The van der Waals surface area contributed by atoms with Crippen molar-refractivity contribution in [2.75, 3.05) is 14.2 Å². The van der Waals surface area contributed by atoms with Gasteiger partial charge in [0.2, 0.25) is 0 Å². The van der Waals surface area contributed by atoms with Gasteiger partial charge in [0.05, 0.1) is 25.5 Å². The number of esters is 2. The van der Waals surface area contributed by atoms with Gasteiger partial charge in [-0.05, 0) is 36.8 Å². The molecule has 0 saturated heterocycles. The molecule has 0 amide bonds. The van der Waals surface area contributed by atoms with E-state index in [0.717, 1.165) is 38.0 Å². The molecule has 0 fully saturated rings. The van der Waals surface area contributed by atoms with E-state index in [1.54, 1.807) is 18.2 Å². The maximum absolute atomic E-state index is 14.0. The minimum absolute atomic E-state index is 0.284. The van der Waals surface area contributed by atoms with Crippen molar-refractivity contribution in [1.82, 2.24) is 9.78 Å². The Hall–Kier alpha value is -3.69. The first-order valence-electron chi connectivity index (χ1n) is 8.83. The minimum Gasteiger partial charge on any atom is -0.465 e. The van der Waals surface area contributed by atoms with Crippen LogP contribution < -0.4 is 0 Å². The highest BCUT2D eigenvalue weighted by Crippen LogP contribution is 2.41. The summed E-state index contributed by atoms with van der Waals surface area (Å²) in [6.45, 7) is 0.967. The highest BCUT2D eigenvalue weighted by atomic mass is 19.4. The molecule has 1 aromatic heterocycles. The van der Waals surface area contributed by atoms with Gasteiger partial charge in [-0.2, -0.15) is 18.3 Å². The number of para-hydroxylation sites is 1. The van der Waals surface area contributed by atoms with Crippen LogP contribution in [0.4, 0.5) is 17.6 Å². The van der Waals surface area contributed by atoms with Gasteiger partial charge in [0.1, 0.15) is 17.1 Å². The summed E-state index contributed by atoms with van der Waals surface area (Å²) in [5, 5.41) is 4.13. The second kappa shape index (κ2) is 8.21. The van der Waals surface area contributed by atoms with Crippen LogP contribution in [0.3, 0.4) is 0 Å². The van der Waals surface area contributed by atoms with Crippen molar-refractivity contribution >= 4 is 11.9 Å². The zero-order valence-corrected chi connectivity index (χ0v) is 16.6. The number of hydrogen-bond acceptors (Lipinski definition) is 5. The molecule has 0 atom stereocenters. The van der Waals surface area contributed by atoms with Crippen LogP contribution in [0.2, 0.25) is 0 Å². The molecule has 0 unspecified atom stereocenters. The molecule has 2 aromatic carbocycles. The molecular weight excluding hydrogens is 420 g/mol. The van der Waals surface area contributed by atoms with Gasteiger partial charge in [0, 0.05) is 5.56 Å². The molecule has 31 heavy (non-hydrogen) atoms. The van der Waals surface area contributed by atoms with Gasteiger partial charge in [-0.3, -0.25) is 0 Å². The largest absolute Gasteiger partial charge is 0.465 e. The SMILES string of the molecule is COC(=O)c1c(-c2ccc(F)c(C)c2C(F)(F)F)nn(-c2ccccc2)c1C(=O)OC. The average molecular weight is 436 g/mol. The molecule has 6 nitrogen and oxygen atoms in total. The first-order valence-corrected chi connectivity index (χ1v) is 8.83. The summed E-state index contributed by atoms with van der Waals surface area (Å²) < 4.78 is 65.9. The van der Waals surface area contributed by atoms with Crippen LogP contribution >= 0.6 is 0 Å². The fraction of sp³-hybridized carbons (Fsp3) is 0.190. The van der Waals surface area contributed by atoms with E-state index in [9.17, 15) is 27.2 Å². The highest BCUT2D eigenvalue weighted by Gasteiger charge is 2.40. The van der Waals surface area contributed by atoms with E-state index in [4.69, 9.17) is 9.47 Å². The van der Waals surface area contributed by atoms with Crippen LogP contribution in [0.1, 0.15) is 32.0 Å². The van der Waals surface area contributed by atoms with Gasteiger partial charge < -0.3 is 9.47 Å². The van der Waals surface area contributed by atoms with Gasteiger partial charge in [-0.1, -0.05) is 18.2 Å². The van der Waals surface area contributed by atoms with Gasteiger partial charge in [0.15, 0.2) is 5.69 Å². The smallest absolute Gasteiger partial charge is 0.417 e. The second-order valence-corrected chi connectivity index (χ2v) is 6.40. The summed E-state index contributed by atoms with van der Waals surface area (Å²) >= 11 is 0. The van der Waals surface area contributed by atoms with Gasteiger partial charge >= 0.3 is 18.1 Å². The normalized spacial score (nSPS) is 11.3. The van der Waals surface area contributed by atoms with Crippen LogP contribution in [0.25, 0.3) is 16.9 Å². The molecule has 0 N–H and O–H groups in total. The molecule has 0 aliphatic heterocycles. The number of ether oxygens (including phenoxy) is 2. The number of hydrogen-bond donors (Lipinski definition) is 0. The predicted octanol–water partition coefficient (Wildman–Crippen LogP) is 4.58. The lowest BCUT2D eigenvalue weighted by Crippen LogP contribution is -2.16. The Balaban J connectivity index is 2.48. The first-order chi connectivity index (χ1) is 14.6. The number of carbonyl (C=O) groups is 2. The predicted molar refractivity (Wildman–Crippen MR) is 101 cm³/mol.